The van der Waals surface area contributed by atoms with Crippen molar-refractivity contribution in [3.63, 3.8) is 0 Å². The number of amides is 1. The molecular weight excluding hydrogens is 214 g/mol. The van der Waals surface area contributed by atoms with Gasteiger partial charge >= 0.3 is 0 Å². The predicted octanol–water partition coefficient (Wildman–Crippen LogP) is 2.11. The molecule has 0 radical (unpaired) electrons. The Morgan fingerprint density at radius 3 is 2.80 bits per heavy atom. The van der Waals surface area contributed by atoms with Gasteiger partial charge in [0.15, 0.2) is 0 Å². The molecular formula is C11H14ClNO2. The summed E-state index contributed by atoms with van der Waals surface area (Å²) >= 11 is 6.03. The summed E-state index contributed by atoms with van der Waals surface area (Å²) in [5.74, 6) is 0.424. The Balaban J connectivity index is 2.89. The number of carbonyl (C=O) groups excluding carboxylic acids is 1. The highest BCUT2D eigenvalue weighted by atomic mass is 35.5. The van der Waals surface area contributed by atoms with Gasteiger partial charge in [0.2, 0.25) is 5.91 Å². The molecule has 0 fully saturated rings. The predicted molar refractivity (Wildman–Crippen MR) is 60.3 cm³/mol. The molecule has 82 valence electrons. The van der Waals surface area contributed by atoms with Gasteiger partial charge in [-0.3, -0.25) is 4.79 Å². The Morgan fingerprint density at radius 2 is 2.20 bits per heavy atom. The third kappa shape index (κ3) is 2.86. The van der Waals surface area contributed by atoms with E-state index in [-0.39, 0.29) is 5.91 Å². The second-order valence-corrected chi connectivity index (χ2v) is 3.44. The monoisotopic (exact) mass is 227 g/mol. The van der Waals surface area contributed by atoms with Gasteiger partial charge in [0.05, 0.1) is 7.11 Å². The van der Waals surface area contributed by atoms with Crippen LogP contribution in [0.5, 0.6) is 5.75 Å². The highest BCUT2D eigenvalue weighted by Gasteiger charge is 2.19. The summed E-state index contributed by atoms with van der Waals surface area (Å²) in [6.45, 7) is 2.42. The van der Waals surface area contributed by atoms with E-state index >= 15 is 0 Å². The molecule has 4 heteroatoms. The largest absolute Gasteiger partial charge is 0.496 e. The third-order valence-corrected chi connectivity index (χ3v) is 2.43. The molecule has 1 aromatic carbocycles. The fraction of sp³-hybridized carbons (Fsp3) is 0.364. The summed E-state index contributed by atoms with van der Waals surface area (Å²) < 4.78 is 5.13. The molecule has 1 atom stereocenters. The van der Waals surface area contributed by atoms with E-state index in [1.54, 1.807) is 19.2 Å². The summed E-state index contributed by atoms with van der Waals surface area (Å²) in [5, 5.41) is 1.96. The van der Waals surface area contributed by atoms with Crippen molar-refractivity contribution in [3.8, 4) is 5.75 Å². The van der Waals surface area contributed by atoms with Gasteiger partial charge in [-0.15, -0.1) is 11.6 Å². The number of hydrogen-bond acceptors (Lipinski definition) is 2. The minimum Gasteiger partial charge on any atom is -0.496 e. The molecule has 1 unspecified atom stereocenters. The Kier molecular flexibility index (Phi) is 4.43. The SMILES string of the molecule is CCNC(=O)C(Cl)c1ccccc1OC. The van der Waals surface area contributed by atoms with Gasteiger partial charge in [-0.05, 0) is 13.0 Å². The molecule has 0 aromatic heterocycles. The maximum atomic E-state index is 11.5. The Hall–Kier alpha value is -1.22. The number of benzene rings is 1. The zero-order valence-electron chi connectivity index (χ0n) is 8.79. The number of likely N-dealkylation sites (N-methyl/N-ethyl adjacent to an activating group) is 1. The fourth-order valence-electron chi connectivity index (χ4n) is 1.28. The van der Waals surface area contributed by atoms with E-state index in [9.17, 15) is 4.79 Å². The van der Waals surface area contributed by atoms with E-state index in [0.717, 1.165) is 0 Å². The molecule has 0 spiro atoms. The van der Waals surface area contributed by atoms with Gasteiger partial charge in [-0.25, -0.2) is 0 Å². The van der Waals surface area contributed by atoms with Crippen molar-refractivity contribution < 1.29 is 9.53 Å². The molecule has 1 N–H and O–H groups in total. The van der Waals surface area contributed by atoms with Crippen molar-refractivity contribution in [3.05, 3.63) is 29.8 Å². The maximum absolute atomic E-state index is 11.5. The van der Waals surface area contributed by atoms with Gasteiger partial charge in [0.25, 0.3) is 0 Å². The molecule has 0 saturated carbocycles. The second-order valence-electron chi connectivity index (χ2n) is 3.00. The van der Waals surface area contributed by atoms with Crippen LogP contribution in [-0.4, -0.2) is 19.6 Å². The van der Waals surface area contributed by atoms with E-state index in [1.165, 1.54) is 0 Å². The lowest BCUT2D eigenvalue weighted by molar-refractivity contribution is -0.120. The second kappa shape index (κ2) is 5.61. The average Bonchev–Trinajstić information content (AvgIpc) is 2.28. The summed E-state index contributed by atoms with van der Waals surface area (Å²) in [6, 6.07) is 7.23. The van der Waals surface area contributed by atoms with Crippen LogP contribution in [0.15, 0.2) is 24.3 Å². The van der Waals surface area contributed by atoms with Crippen molar-refractivity contribution >= 4 is 17.5 Å². The molecule has 1 rings (SSSR count). The van der Waals surface area contributed by atoms with Crippen LogP contribution in [0.3, 0.4) is 0 Å². The van der Waals surface area contributed by atoms with E-state index in [0.29, 0.717) is 17.9 Å². The van der Waals surface area contributed by atoms with Crippen LogP contribution < -0.4 is 10.1 Å². The maximum Gasteiger partial charge on any atom is 0.242 e. The first-order valence-corrected chi connectivity index (χ1v) is 5.19. The number of para-hydroxylation sites is 1. The number of methoxy groups -OCH3 is 1. The standard InChI is InChI=1S/C11H14ClNO2/c1-3-13-11(14)10(12)8-6-4-5-7-9(8)15-2/h4-7,10H,3H2,1-2H3,(H,13,14). The number of nitrogens with one attached hydrogen (secondary N) is 1. The minimum atomic E-state index is -0.707. The van der Waals surface area contributed by atoms with Gasteiger partial charge in [0.1, 0.15) is 11.1 Å². The first kappa shape index (κ1) is 11.9. The highest BCUT2D eigenvalue weighted by Crippen LogP contribution is 2.29. The third-order valence-electron chi connectivity index (χ3n) is 1.99. The number of halogens is 1. The lowest BCUT2D eigenvalue weighted by Gasteiger charge is -2.13. The van der Waals surface area contributed by atoms with Crippen LogP contribution in [0.1, 0.15) is 17.9 Å². The number of alkyl halides is 1. The molecule has 0 heterocycles. The van der Waals surface area contributed by atoms with Crippen molar-refractivity contribution in [2.45, 2.75) is 12.3 Å². The normalized spacial score (nSPS) is 11.9. The van der Waals surface area contributed by atoms with E-state index in [1.807, 2.05) is 19.1 Å². The first-order valence-electron chi connectivity index (χ1n) is 4.75. The lowest BCUT2D eigenvalue weighted by atomic mass is 10.1. The molecule has 0 aliphatic rings. The van der Waals surface area contributed by atoms with Crippen LogP contribution in [0.2, 0.25) is 0 Å². The van der Waals surface area contributed by atoms with Crippen LogP contribution in [0.25, 0.3) is 0 Å². The van der Waals surface area contributed by atoms with E-state index < -0.39 is 5.38 Å². The van der Waals surface area contributed by atoms with Crippen LogP contribution >= 0.6 is 11.6 Å². The summed E-state index contributed by atoms with van der Waals surface area (Å²) in [7, 11) is 1.56. The van der Waals surface area contributed by atoms with Gasteiger partial charge in [-0.1, -0.05) is 18.2 Å². The van der Waals surface area contributed by atoms with Gasteiger partial charge in [0, 0.05) is 12.1 Å². The minimum absolute atomic E-state index is 0.205. The zero-order valence-corrected chi connectivity index (χ0v) is 9.54. The molecule has 3 nitrogen and oxygen atoms in total. The zero-order chi connectivity index (χ0) is 11.3. The molecule has 0 aliphatic heterocycles. The number of rotatable bonds is 4. The summed E-state index contributed by atoms with van der Waals surface area (Å²) in [5.41, 5.74) is 0.688. The van der Waals surface area contributed by atoms with Crippen LogP contribution in [0.4, 0.5) is 0 Å². The van der Waals surface area contributed by atoms with E-state index in [4.69, 9.17) is 16.3 Å². The number of hydrogen-bond donors (Lipinski definition) is 1. The summed E-state index contributed by atoms with van der Waals surface area (Å²) in [4.78, 5) is 11.5. The van der Waals surface area contributed by atoms with Crippen LogP contribution in [0, 0.1) is 0 Å². The van der Waals surface area contributed by atoms with Crippen molar-refractivity contribution in [1.82, 2.24) is 5.32 Å². The molecule has 15 heavy (non-hydrogen) atoms. The lowest BCUT2D eigenvalue weighted by Crippen LogP contribution is -2.26. The topological polar surface area (TPSA) is 38.3 Å². The number of carbonyl (C=O) groups is 1. The van der Waals surface area contributed by atoms with Crippen molar-refractivity contribution in [2.24, 2.45) is 0 Å². The molecule has 1 aromatic rings. The van der Waals surface area contributed by atoms with Crippen molar-refractivity contribution in [2.75, 3.05) is 13.7 Å². The molecule has 1 amide bonds. The quantitative estimate of drug-likeness (QED) is 0.801. The Labute approximate surface area is 94.4 Å². The molecule has 0 bridgehead atoms. The van der Waals surface area contributed by atoms with Gasteiger partial charge in [-0.2, -0.15) is 0 Å². The van der Waals surface area contributed by atoms with Crippen molar-refractivity contribution in [1.29, 1.82) is 0 Å². The molecule has 0 aliphatic carbocycles. The van der Waals surface area contributed by atoms with E-state index in [2.05, 4.69) is 5.32 Å². The Morgan fingerprint density at radius 1 is 1.53 bits per heavy atom. The Bertz CT molecular complexity index is 341. The van der Waals surface area contributed by atoms with Gasteiger partial charge < -0.3 is 10.1 Å². The number of ether oxygens (including phenoxy) is 1. The fourth-order valence-corrected chi connectivity index (χ4v) is 1.54. The molecule has 0 saturated heterocycles. The van der Waals surface area contributed by atoms with Crippen LogP contribution in [-0.2, 0) is 4.79 Å². The first-order chi connectivity index (χ1) is 7.20. The average molecular weight is 228 g/mol. The highest BCUT2D eigenvalue weighted by molar-refractivity contribution is 6.31. The summed E-state index contributed by atoms with van der Waals surface area (Å²) in [6.07, 6.45) is 0. The smallest absolute Gasteiger partial charge is 0.242 e.